The quantitative estimate of drug-likeness (QED) is 0.469. The molecule has 9 nitrogen and oxygen atoms in total. The first-order chi connectivity index (χ1) is 15.9. The number of amides is 1. The monoisotopic (exact) mass is 492 g/mol. The summed E-state index contributed by atoms with van der Waals surface area (Å²) in [6.07, 6.45) is 1.08. The third kappa shape index (κ3) is 4.44. The average Bonchev–Trinajstić information content (AvgIpc) is 3.22. The lowest BCUT2D eigenvalue weighted by Crippen LogP contribution is -2.37. The molecule has 0 unspecified atom stereocenters. The number of aromatic nitrogens is 2. The van der Waals surface area contributed by atoms with Crippen molar-refractivity contribution in [3.05, 3.63) is 40.5 Å². The van der Waals surface area contributed by atoms with Crippen molar-refractivity contribution in [2.75, 3.05) is 32.7 Å². The number of methoxy groups -OCH3 is 2. The highest BCUT2D eigenvalue weighted by Crippen LogP contribution is 2.46. The van der Waals surface area contributed by atoms with Crippen LogP contribution in [0.15, 0.2) is 30.5 Å². The number of aliphatic hydroxyl groups is 1. The number of halogens is 2. The van der Waals surface area contributed by atoms with Gasteiger partial charge in [-0.15, -0.1) is 0 Å². The Balaban J connectivity index is 1.63. The van der Waals surface area contributed by atoms with E-state index in [-0.39, 0.29) is 19.2 Å². The topological polar surface area (TPSA) is 117 Å². The zero-order valence-corrected chi connectivity index (χ0v) is 19.4. The van der Waals surface area contributed by atoms with E-state index < -0.39 is 12.1 Å². The zero-order valence-electron chi connectivity index (χ0n) is 17.9. The third-order valence-corrected chi connectivity index (χ3v) is 6.40. The van der Waals surface area contributed by atoms with Gasteiger partial charge in [-0.25, -0.2) is 14.8 Å². The summed E-state index contributed by atoms with van der Waals surface area (Å²) in [6, 6.07) is 6.52. The summed E-state index contributed by atoms with van der Waals surface area (Å²) >= 11 is 13.1. The fourth-order valence-corrected chi connectivity index (χ4v) is 4.73. The summed E-state index contributed by atoms with van der Waals surface area (Å²) in [5.41, 5.74) is 2.01. The fourth-order valence-electron chi connectivity index (χ4n) is 4.01. The second-order valence-corrected chi connectivity index (χ2v) is 8.36. The number of ether oxygens (including phenoxy) is 2. The van der Waals surface area contributed by atoms with Crippen LogP contribution >= 0.6 is 23.2 Å². The molecule has 3 aromatic rings. The maximum Gasteiger partial charge on any atom is 0.407 e. The minimum absolute atomic E-state index is 0.197. The van der Waals surface area contributed by atoms with E-state index in [0.717, 1.165) is 10.9 Å². The molecule has 11 heteroatoms. The molecule has 33 heavy (non-hydrogen) atoms. The second kappa shape index (κ2) is 9.46. The number of anilines is 1. The molecule has 2 heterocycles. The molecule has 2 aromatic carbocycles. The number of aliphatic hydroxyl groups excluding tert-OH is 1. The van der Waals surface area contributed by atoms with Crippen LogP contribution < -0.4 is 14.8 Å². The first-order valence-corrected chi connectivity index (χ1v) is 10.9. The lowest BCUT2D eigenvalue weighted by molar-refractivity contribution is 0.118. The highest BCUT2D eigenvalue weighted by molar-refractivity contribution is 6.41. The molecule has 1 amide bonds. The predicted molar refractivity (Wildman–Crippen MR) is 126 cm³/mol. The van der Waals surface area contributed by atoms with Crippen molar-refractivity contribution in [1.29, 1.82) is 0 Å². The minimum atomic E-state index is -1.06. The molecule has 174 valence electrons. The largest absolute Gasteiger partial charge is 0.495 e. The maximum atomic E-state index is 11.3. The molecule has 1 aromatic heterocycles. The van der Waals surface area contributed by atoms with Crippen molar-refractivity contribution in [1.82, 2.24) is 14.9 Å². The van der Waals surface area contributed by atoms with Crippen LogP contribution in [0.1, 0.15) is 6.42 Å². The van der Waals surface area contributed by atoms with Crippen LogP contribution in [0.5, 0.6) is 11.5 Å². The van der Waals surface area contributed by atoms with E-state index in [1.807, 2.05) is 18.2 Å². The molecule has 4 rings (SSSR count). The van der Waals surface area contributed by atoms with Gasteiger partial charge in [-0.2, -0.15) is 0 Å². The number of benzene rings is 2. The summed E-state index contributed by atoms with van der Waals surface area (Å²) in [5.74, 6) is 1.26. The first kappa shape index (κ1) is 23.2. The van der Waals surface area contributed by atoms with Crippen molar-refractivity contribution >= 4 is 46.1 Å². The highest BCUT2D eigenvalue weighted by atomic mass is 35.5. The fraction of sp³-hybridized carbons (Fsp3) is 0.318. The van der Waals surface area contributed by atoms with E-state index in [0.29, 0.717) is 45.0 Å². The lowest BCUT2D eigenvalue weighted by Gasteiger charge is -2.18. The van der Waals surface area contributed by atoms with Crippen molar-refractivity contribution in [3.8, 4) is 22.6 Å². The Morgan fingerprint density at radius 3 is 2.48 bits per heavy atom. The van der Waals surface area contributed by atoms with Crippen LogP contribution in [0, 0.1) is 0 Å². The van der Waals surface area contributed by atoms with Crippen LogP contribution in [0.25, 0.3) is 22.0 Å². The lowest BCUT2D eigenvalue weighted by atomic mass is 10.0. The number of carboxylic acid groups (broad SMARTS) is 1. The van der Waals surface area contributed by atoms with E-state index in [4.69, 9.17) is 32.7 Å². The Labute approximate surface area is 199 Å². The van der Waals surface area contributed by atoms with E-state index in [1.54, 1.807) is 12.3 Å². The molecule has 1 fully saturated rings. The first-order valence-electron chi connectivity index (χ1n) is 10.1. The maximum absolute atomic E-state index is 11.3. The van der Waals surface area contributed by atoms with Crippen LogP contribution in [-0.4, -0.2) is 70.6 Å². The van der Waals surface area contributed by atoms with Gasteiger partial charge in [0.05, 0.1) is 42.4 Å². The van der Waals surface area contributed by atoms with Gasteiger partial charge in [0, 0.05) is 35.8 Å². The van der Waals surface area contributed by atoms with Crippen LogP contribution in [0.3, 0.4) is 0 Å². The Morgan fingerprint density at radius 2 is 1.91 bits per heavy atom. The predicted octanol–water partition coefficient (Wildman–Crippen LogP) is 4.15. The van der Waals surface area contributed by atoms with Gasteiger partial charge in [0.15, 0.2) is 0 Å². The Bertz CT molecular complexity index is 1180. The number of carbonyl (C=O) groups is 1. The van der Waals surface area contributed by atoms with Crippen LogP contribution in [-0.2, 0) is 0 Å². The molecule has 1 saturated heterocycles. The second-order valence-electron chi connectivity index (χ2n) is 7.60. The van der Waals surface area contributed by atoms with Gasteiger partial charge in [-0.1, -0.05) is 29.3 Å². The number of hydrogen-bond donors (Lipinski definition) is 3. The molecule has 0 radical (unpaired) electrons. The van der Waals surface area contributed by atoms with Gasteiger partial charge in [-0.05, 0) is 24.1 Å². The molecule has 0 bridgehead atoms. The van der Waals surface area contributed by atoms with Gasteiger partial charge < -0.3 is 29.9 Å². The number of hydrogen-bond acceptors (Lipinski definition) is 7. The van der Waals surface area contributed by atoms with E-state index in [1.165, 1.54) is 19.1 Å². The SMILES string of the molecule is COc1cc(OC)c(Cl)c(-c2ccc3nc(N[C@H]4C[C@@H](CO)N(C(=O)O)C4)ncc3c2)c1Cl. The molecule has 0 aliphatic carbocycles. The minimum Gasteiger partial charge on any atom is -0.495 e. The zero-order chi connectivity index (χ0) is 23.7. The standard InChI is InChI=1S/C22H22Cl2N4O5/c1-32-16-7-17(33-2)20(24)18(19(16)23)11-3-4-15-12(5-11)8-25-21(27-15)26-13-6-14(10-29)28(9-13)22(30)31/h3-5,7-8,13-14,29H,6,9-10H2,1-2H3,(H,30,31)(H,25,26,27)/t13-,14-/m0/s1. The molecule has 1 aliphatic rings. The average molecular weight is 493 g/mol. The number of likely N-dealkylation sites (tertiary alicyclic amines) is 1. The Morgan fingerprint density at radius 1 is 1.21 bits per heavy atom. The van der Waals surface area contributed by atoms with Crippen molar-refractivity contribution in [2.24, 2.45) is 0 Å². The number of rotatable bonds is 6. The summed E-state index contributed by atoms with van der Waals surface area (Å²) in [7, 11) is 3.04. The van der Waals surface area contributed by atoms with Gasteiger partial charge in [-0.3, -0.25) is 0 Å². The Kier molecular flexibility index (Phi) is 6.64. The van der Waals surface area contributed by atoms with Crippen molar-refractivity contribution in [2.45, 2.75) is 18.5 Å². The van der Waals surface area contributed by atoms with Gasteiger partial charge in [0.2, 0.25) is 5.95 Å². The summed E-state index contributed by atoms with van der Waals surface area (Å²) < 4.78 is 10.7. The summed E-state index contributed by atoms with van der Waals surface area (Å²) in [5, 5.41) is 23.4. The summed E-state index contributed by atoms with van der Waals surface area (Å²) in [6.45, 7) is 0.0155. The molecular weight excluding hydrogens is 471 g/mol. The smallest absolute Gasteiger partial charge is 0.407 e. The summed E-state index contributed by atoms with van der Waals surface area (Å²) in [4.78, 5) is 21.5. The van der Waals surface area contributed by atoms with E-state index >= 15 is 0 Å². The normalized spacial score (nSPS) is 17.9. The highest BCUT2D eigenvalue weighted by Gasteiger charge is 2.35. The van der Waals surface area contributed by atoms with Gasteiger partial charge in [0.25, 0.3) is 0 Å². The number of nitrogens with one attached hydrogen (secondary N) is 1. The molecule has 3 N–H and O–H groups in total. The molecular formula is C22H22Cl2N4O5. The van der Waals surface area contributed by atoms with Gasteiger partial charge in [0.1, 0.15) is 11.5 Å². The van der Waals surface area contributed by atoms with E-state index in [2.05, 4.69) is 15.3 Å². The van der Waals surface area contributed by atoms with Crippen LogP contribution in [0.2, 0.25) is 10.0 Å². The molecule has 0 spiro atoms. The molecule has 0 saturated carbocycles. The number of nitrogens with zero attached hydrogens (tertiary/aromatic N) is 3. The Hall–Kier alpha value is -3.01. The molecule has 1 aliphatic heterocycles. The van der Waals surface area contributed by atoms with Crippen molar-refractivity contribution < 1.29 is 24.5 Å². The van der Waals surface area contributed by atoms with Crippen molar-refractivity contribution in [3.63, 3.8) is 0 Å². The van der Waals surface area contributed by atoms with E-state index in [9.17, 15) is 15.0 Å². The van der Waals surface area contributed by atoms with Crippen LogP contribution in [0.4, 0.5) is 10.7 Å². The van der Waals surface area contributed by atoms with Gasteiger partial charge >= 0.3 is 6.09 Å². The number of fused-ring (bicyclic) bond motifs is 1. The molecule has 2 atom stereocenters. The third-order valence-electron chi connectivity index (χ3n) is 5.65.